The fourth-order valence-electron chi connectivity index (χ4n) is 4.91. The van der Waals surface area contributed by atoms with Gasteiger partial charge in [0.15, 0.2) is 0 Å². The second-order valence-corrected chi connectivity index (χ2v) is 9.82. The maximum Gasteiger partial charge on any atom is 0.272 e. The van der Waals surface area contributed by atoms with Crippen molar-refractivity contribution in [3.63, 3.8) is 0 Å². The molecule has 2 aliphatic rings. The van der Waals surface area contributed by atoms with E-state index in [1.54, 1.807) is 46.2 Å². The summed E-state index contributed by atoms with van der Waals surface area (Å²) in [5.74, 6) is -0.718. The van der Waals surface area contributed by atoms with Gasteiger partial charge in [0.25, 0.3) is 11.8 Å². The number of hydrogen-bond acceptors (Lipinski definition) is 5. The van der Waals surface area contributed by atoms with Crippen LogP contribution in [0.5, 0.6) is 0 Å². The number of piperazine rings is 2. The number of amides is 2. The Morgan fingerprint density at radius 2 is 1.05 bits per heavy atom. The Kier molecular flexibility index (Phi) is 8.05. The van der Waals surface area contributed by atoms with Crippen molar-refractivity contribution in [2.75, 3.05) is 52.4 Å². The van der Waals surface area contributed by atoms with Crippen LogP contribution < -0.4 is 0 Å². The van der Waals surface area contributed by atoms with Gasteiger partial charge in [-0.3, -0.25) is 24.4 Å². The van der Waals surface area contributed by atoms with E-state index in [0.717, 1.165) is 50.4 Å². The largest absolute Gasteiger partial charge is 0.336 e. The number of rotatable bonds is 6. The molecule has 0 N–H and O–H groups in total. The molecule has 0 saturated carbocycles. The van der Waals surface area contributed by atoms with Crippen molar-refractivity contribution in [1.82, 2.24) is 24.6 Å². The topological polar surface area (TPSA) is 60.0 Å². The minimum absolute atomic E-state index is 0.0904. The van der Waals surface area contributed by atoms with Crippen LogP contribution in [0.25, 0.3) is 0 Å². The summed E-state index contributed by atoms with van der Waals surface area (Å²) in [6.45, 7) is 6.75. The molecule has 3 aromatic rings. The number of nitrogens with zero attached hydrogens (tertiary/aromatic N) is 5. The summed E-state index contributed by atoms with van der Waals surface area (Å²) in [4.78, 5) is 38.4. The maximum absolute atomic E-state index is 13.1. The van der Waals surface area contributed by atoms with Gasteiger partial charge < -0.3 is 9.80 Å². The molecule has 0 atom stereocenters. The van der Waals surface area contributed by atoms with Crippen LogP contribution in [0.3, 0.4) is 0 Å². The molecule has 0 spiro atoms. The van der Waals surface area contributed by atoms with Crippen LogP contribution in [0.1, 0.15) is 32.0 Å². The summed E-state index contributed by atoms with van der Waals surface area (Å²) >= 11 is 0. The molecule has 198 valence electrons. The molecule has 2 amide bonds. The highest BCUT2D eigenvalue weighted by Gasteiger charge is 2.25. The molecule has 5 rings (SSSR count). The molecule has 38 heavy (non-hydrogen) atoms. The molecule has 0 unspecified atom stereocenters. The van der Waals surface area contributed by atoms with E-state index in [2.05, 4.69) is 14.8 Å². The fourth-order valence-corrected chi connectivity index (χ4v) is 4.91. The molecule has 2 aliphatic heterocycles. The molecular formula is C29H31F2N5O2. The standard InChI is InChI=1S/C29H31F2N5O2/c30-25-6-1-22(2-7-25)20-33-11-15-35(16-12-33)28(37)24-5-10-27(32-19-24)29(38)36-17-13-34(14-18-36)21-23-3-8-26(31)9-4-23/h1-10,19H,11-18,20-21H2. The molecule has 0 aliphatic carbocycles. The quantitative estimate of drug-likeness (QED) is 0.501. The lowest BCUT2D eigenvalue weighted by atomic mass is 10.1. The number of hydrogen-bond donors (Lipinski definition) is 0. The van der Waals surface area contributed by atoms with Crippen LogP contribution in [0.15, 0.2) is 66.9 Å². The molecule has 9 heteroatoms. The minimum Gasteiger partial charge on any atom is -0.336 e. The van der Waals surface area contributed by atoms with Crippen molar-refractivity contribution >= 4 is 11.8 Å². The molecule has 2 aromatic carbocycles. The van der Waals surface area contributed by atoms with E-state index >= 15 is 0 Å². The third kappa shape index (κ3) is 6.41. The lowest BCUT2D eigenvalue weighted by Gasteiger charge is -2.35. The van der Waals surface area contributed by atoms with Gasteiger partial charge in [0.05, 0.1) is 5.56 Å². The Balaban J connectivity index is 1.09. The van der Waals surface area contributed by atoms with E-state index in [1.165, 1.54) is 30.5 Å². The average molecular weight is 520 g/mol. The normalized spacial score (nSPS) is 17.0. The second kappa shape index (κ2) is 11.8. The third-order valence-corrected chi connectivity index (χ3v) is 7.19. The van der Waals surface area contributed by atoms with Gasteiger partial charge in [-0.1, -0.05) is 24.3 Å². The van der Waals surface area contributed by atoms with Gasteiger partial charge in [-0.2, -0.15) is 0 Å². The first kappa shape index (κ1) is 25.9. The van der Waals surface area contributed by atoms with Crippen molar-refractivity contribution in [2.24, 2.45) is 0 Å². The monoisotopic (exact) mass is 519 g/mol. The minimum atomic E-state index is -0.245. The smallest absolute Gasteiger partial charge is 0.272 e. The molecule has 2 saturated heterocycles. The summed E-state index contributed by atoms with van der Waals surface area (Å²) in [6, 6.07) is 16.3. The zero-order valence-electron chi connectivity index (χ0n) is 21.2. The zero-order chi connectivity index (χ0) is 26.5. The molecule has 0 radical (unpaired) electrons. The Morgan fingerprint density at radius 1 is 0.605 bits per heavy atom. The van der Waals surface area contributed by atoms with Gasteiger partial charge in [-0.15, -0.1) is 0 Å². The van der Waals surface area contributed by atoms with E-state index < -0.39 is 0 Å². The van der Waals surface area contributed by atoms with Gasteiger partial charge >= 0.3 is 0 Å². The van der Waals surface area contributed by atoms with Gasteiger partial charge in [0, 0.05) is 71.6 Å². The molecule has 7 nitrogen and oxygen atoms in total. The van der Waals surface area contributed by atoms with Crippen LogP contribution in [-0.4, -0.2) is 88.8 Å². The number of halogens is 2. The molecule has 0 bridgehead atoms. The summed E-state index contributed by atoms with van der Waals surface area (Å²) < 4.78 is 26.3. The van der Waals surface area contributed by atoms with Gasteiger partial charge in [-0.05, 0) is 47.5 Å². The number of pyridine rings is 1. The van der Waals surface area contributed by atoms with Crippen molar-refractivity contribution < 1.29 is 18.4 Å². The Labute approximate surface area is 221 Å². The number of aromatic nitrogens is 1. The molecule has 1 aromatic heterocycles. The van der Waals surface area contributed by atoms with E-state index in [1.807, 2.05) is 0 Å². The van der Waals surface area contributed by atoms with Crippen molar-refractivity contribution in [3.05, 3.63) is 101 Å². The number of carbonyl (C=O) groups excluding carboxylic acids is 2. The van der Waals surface area contributed by atoms with Crippen LogP contribution in [0.2, 0.25) is 0 Å². The summed E-state index contributed by atoms with van der Waals surface area (Å²) in [5, 5.41) is 0. The van der Waals surface area contributed by atoms with Gasteiger partial charge in [-0.25, -0.2) is 8.78 Å². The lowest BCUT2D eigenvalue weighted by Crippen LogP contribution is -2.48. The van der Waals surface area contributed by atoms with E-state index in [4.69, 9.17) is 0 Å². The molecule has 3 heterocycles. The Morgan fingerprint density at radius 3 is 1.47 bits per heavy atom. The Bertz CT molecular complexity index is 1140. The van der Waals surface area contributed by atoms with E-state index in [-0.39, 0.29) is 23.4 Å². The first-order chi connectivity index (χ1) is 18.4. The highest BCUT2D eigenvalue weighted by Crippen LogP contribution is 2.15. The van der Waals surface area contributed by atoms with Crippen LogP contribution in [-0.2, 0) is 13.1 Å². The highest BCUT2D eigenvalue weighted by molar-refractivity contribution is 5.96. The van der Waals surface area contributed by atoms with E-state index in [9.17, 15) is 18.4 Å². The SMILES string of the molecule is O=C(c1ccc(C(=O)N2CCN(Cc3ccc(F)cc3)CC2)nc1)N1CCN(Cc2ccc(F)cc2)CC1. The van der Waals surface area contributed by atoms with Crippen molar-refractivity contribution in [2.45, 2.75) is 13.1 Å². The zero-order valence-corrected chi connectivity index (χ0v) is 21.2. The summed E-state index contributed by atoms with van der Waals surface area (Å²) in [6.07, 6.45) is 1.49. The van der Waals surface area contributed by atoms with Crippen LogP contribution >= 0.6 is 0 Å². The van der Waals surface area contributed by atoms with Crippen molar-refractivity contribution in [1.29, 1.82) is 0 Å². The first-order valence-corrected chi connectivity index (χ1v) is 12.9. The number of benzene rings is 2. The molecular weight excluding hydrogens is 488 g/mol. The molecule has 2 fully saturated rings. The maximum atomic E-state index is 13.1. The average Bonchev–Trinajstić information content (AvgIpc) is 2.96. The first-order valence-electron chi connectivity index (χ1n) is 12.9. The second-order valence-electron chi connectivity index (χ2n) is 9.82. The summed E-state index contributed by atoms with van der Waals surface area (Å²) in [5.41, 5.74) is 2.89. The number of carbonyl (C=O) groups is 2. The summed E-state index contributed by atoms with van der Waals surface area (Å²) in [7, 11) is 0. The predicted octanol–water partition coefficient (Wildman–Crippen LogP) is 3.28. The fraction of sp³-hybridized carbons (Fsp3) is 0.345. The third-order valence-electron chi connectivity index (χ3n) is 7.19. The Hall–Kier alpha value is -3.69. The van der Waals surface area contributed by atoms with Crippen molar-refractivity contribution in [3.8, 4) is 0 Å². The van der Waals surface area contributed by atoms with Gasteiger partial charge in [0.1, 0.15) is 17.3 Å². The van der Waals surface area contributed by atoms with Crippen LogP contribution in [0.4, 0.5) is 8.78 Å². The van der Waals surface area contributed by atoms with Gasteiger partial charge in [0.2, 0.25) is 0 Å². The highest BCUT2D eigenvalue weighted by atomic mass is 19.1. The van der Waals surface area contributed by atoms with Crippen LogP contribution in [0, 0.1) is 11.6 Å². The predicted molar refractivity (Wildman–Crippen MR) is 139 cm³/mol. The lowest BCUT2D eigenvalue weighted by molar-refractivity contribution is 0.0612. The van der Waals surface area contributed by atoms with E-state index in [0.29, 0.717) is 37.4 Å².